The molecule has 3 rings (SSSR count). The summed E-state index contributed by atoms with van der Waals surface area (Å²) in [5, 5.41) is 4.58. The Morgan fingerprint density at radius 1 is 1.13 bits per heavy atom. The number of thiol groups is 1. The van der Waals surface area contributed by atoms with Gasteiger partial charge < -0.3 is 9.47 Å². The van der Waals surface area contributed by atoms with E-state index in [-0.39, 0.29) is 6.04 Å². The molecule has 2 aromatic rings. The van der Waals surface area contributed by atoms with Gasteiger partial charge in [-0.15, -0.1) is 0 Å². The van der Waals surface area contributed by atoms with Crippen molar-refractivity contribution in [1.29, 1.82) is 0 Å². The molecule has 120 valence electrons. The van der Waals surface area contributed by atoms with E-state index in [0.717, 1.165) is 33.5 Å². The molecule has 0 amide bonds. The Morgan fingerprint density at radius 2 is 1.87 bits per heavy atom. The van der Waals surface area contributed by atoms with Gasteiger partial charge in [0, 0.05) is 16.5 Å². The Hall–Kier alpha value is -1.66. The van der Waals surface area contributed by atoms with Gasteiger partial charge in [-0.2, -0.15) is 5.10 Å². The van der Waals surface area contributed by atoms with Crippen LogP contribution >= 0.6 is 28.7 Å². The minimum absolute atomic E-state index is 0.00188. The monoisotopic (exact) mass is 392 g/mol. The van der Waals surface area contributed by atoms with Crippen LogP contribution in [0.25, 0.3) is 0 Å². The molecular formula is C17H17BrN2O2S. The van der Waals surface area contributed by atoms with Crippen molar-refractivity contribution in [3.63, 3.8) is 0 Å². The van der Waals surface area contributed by atoms with Gasteiger partial charge >= 0.3 is 0 Å². The lowest BCUT2D eigenvalue weighted by atomic mass is 9.98. The molecule has 0 radical (unpaired) electrons. The molecule has 0 saturated heterocycles. The highest BCUT2D eigenvalue weighted by Gasteiger charge is 2.30. The summed E-state index contributed by atoms with van der Waals surface area (Å²) in [7, 11) is 3.29. The molecule has 4 nitrogen and oxygen atoms in total. The molecule has 1 heterocycles. The van der Waals surface area contributed by atoms with Crippen molar-refractivity contribution >= 4 is 34.5 Å². The molecule has 0 N–H and O–H groups in total. The van der Waals surface area contributed by atoms with Gasteiger partial charge in [0.1, 0.15) is 0 Å². The van der Waals surface area contributed by atoms with Crippen molar-refractivity contribution < 1.29 is 9.47 Å². The van der Waals surface area contributed by atoms with Crippen LogP contribution < -0.4 is 9.47 Å². The molecule has 1 aliphatic heterocycles. The normalized spacial score (nSPS) is 17.1. The van der Waals surface area contributed by atoms with Crippen LogP contribution in [0.4, 0.5) is 0 Å². The molecule has 23 heavy (non-hydrogen) atoms. The van der Waals surface area contributed by atoms with Gasteiger partial charge in [-0.3, -0.25) is 0 Å². The largest absolute Gasteiger partial charge is 0.493 e. The SMILES string of the molecule is COc1cccc(C2CC(c3ccc(Br)cc3)=NN2S)c1OC. The zero-order chi connectivity index (χ0) is 16.4. The van der Waals surface area contributed by atoms with Crippen molar-refractivity contribution in [3.8, 4) is 11.5 Å². The van der Waals surface area contributed by atoms with Gasteiger partial charge in [-0.1, -0.05) is 40.2 Å². The fourth-order valence-electron chi connectivity index (χ4n) is 2.73. The fraction of sp³-hybridized carbons (Fsp3) is 0.235. The highest BCUT2D eigenvalue weighted by Crippen LogP contribution is 2.42. The van der Waals surface area contributed by atoms with Crippen molar-refractivity contribution in [2.75, 3.05) is 14.2 Å². The predicted octanol–water partition coefficient (Wildman–Crippen LogP) is 4.46. The van der Waals surface area contributed by atoms with Crippen LogP contribution in [-0.2, 0) is 0 Å². The molecule has 0 spiro atoms. The highest BCUT2D eigenvalue weighted by molar-refractivity contribution is 9.10. The molecule has 0 bridgehead atoms. The molecule has 1 aliphatic rings. The number of hydrazone groups is 1. The Balaban J connectivity index is 1.91. The standard InChI is InChI=1S/C17H17BrN2O2S/c1-21-16-5-3-4-13(17(16)22-2)15-10-14(19-20(15)23)11-6-8-12(18)9-7-11/h3-9,15,23H,10H2,1-2H3. The first-order chi connectivity index (χ1) is 11.1. The zero-order valence-corrected chi connectivity index (χ0v) is 15.3. The maximum atomic E-state index is 5.54. The molecule has 0 saturated carbocycles. The summed E-state index contributed by atoms with van der Waals surface area (Å²) in [5.41, 5.74) is 3.11. The molecule has 2 aromatic carbocycles. The van der Waals surface area contributed by atoms with Crippen molar-refractivity contribution in [2.45, 2.75) is 12.5 Å². The first-order valence-electron chi connectivity index (χ1n) is 7.16. The Kier molecular flexibility index (Phi) is 4.82. The van der Waals surface area contributed by atoms with Crippen molar-refractivity contribution in [2.24, 2.45) is 5.10 Å². The Bertz CT molecular complexity index is 734. The maximum absolute atomic E-state index is 5.54. The van der Waals surface area contributed by atoms with E-state index in [1.807, 2.05) is 30.3 Å². The third kappa shape index (κ3) is 3.19. The number of hydrogen-bond acceptors (Lipinski definition) is 5. The molecule has 0 fully saturated rings. The molecule has 1 atom stereocenters. The van der Waals surface area contributed by atoms with Gasteiger partial charge in [0.15, 0.2) is 11.5 Å². The third-order valence-electron chi connectivity index (χ3n) is 3.86. The number of benzene rings is 2. The van der Waals surface area contributed by atoms with Crippen LogP contribution in [0.2, 0.25) is 0 Å². The quantitative estimate of drug-likeness (QED) is 0.779. The zero-order valence-electron chi connectivity index (χ0n) is 12.9. The predicted molar refractivity (Wildman–Crippen MR) is 98.4 cm³/mol. The number of halogens is 1. The lowest BCUT2D eigenvalue weighted by Crippen LogP contribution is -2.11. The van der Waals surface area contributed by atoms with E-state index >= 15 is 0 Å². The second-order valence-corrected chi connectivity index (χ2v) is 6.50. The third-order valence-corrected chi connectivity index (χ3v) is 4.76. The topological polar surface area (TPSA) is 34.1 Å². The summed E-state index contributed by atoms with van der Waals surface area (Å²) in [5.74, 6) is 1.44. The number of hydrogen-bond donors (Lipinski definition) is 1. The van der Waals surface area contributed by atoms with Crippen molar-refractivity contribution in [1.82, 2.24) is 4.41 Å². The average molecular weight is 393 g/mol. The van der Waals surface area contributed by atoms with Crippen LogP contribution in [0.3, 0.4) is 0 Å². The summed E-state index contributed by atoms with van der Waals surface area (Å²) in [6.07, 6.45) is 0.759. The number of nitrogens with zero attached hydrogens (tertiary/aromatic N) is 2. The summed E-state index contributed by atoms with van der Waals surface area (Å²) >= 11 is 7.97. The number of rotatable bonds is 4. The van der Waals surface area contributed by atoms with Crippen LogP contribution in [0.15, 0.2) is 52.0 Å². The van der Waals surface area contributed by atoms with E-state index in [1.54, 1.807) is 18.6 Å². The summed E-state index contributed by atoms with van der Waals surface area (Å²) < 4.78 is 13.7. The minimum atomic E-state index is 0.00188. The van der Waals surface area contributed by atoms with Crippen LogP contribution in [0.5, 0.6) is 11.5 Å². The average Bonchev–Trinajstić information content (AvgIpc) is 2.96. The van der Waals surface area contributed by atoms with Gasteiger partial charge in [0.25, 0.3) is 0 Å². The lowest BCUT2D eigenvalue weighted by Gasteiger charge is -2.21. The van der Waals surface area contributed by atoms with Crippen LogP contribution in [0, 0.1) is 0 Å². The maximum Gasteiger partial charge on any atom is 0.166 e. The Labute approximate surface area is 149 Å². The van der Waals surface area contributed by atoms with Crippen LogP contribution in [0.1, 0.15) is 23.6 Å². The van der Waals surface area contributed by atoms with Gasteiger partial charge in [-0.05, 0) is 36.6 Å². The van der Waals surface area contributed by atoms with Crippen LogP contribution in [-0.4, -0.2) is 24.3 Å². The van der Waals surface area contributed by atoms with Gasteiger partial charge in [0.05, 0.1) is 26.0 Å². The second kappa shape index (κ2) is 6.84. The first kappa shape index (κ1) is 16.2. The van der Waals surface area contributed by atoms with Gasteiger partial charge in [0.2, 0.25) is 0 Å². The molecule has 0 aromatic heterocycles. The first-order valence-corrected chi connectivity index (χ1v) is 8.35. The number of para-hydroxylation sites is 1. The lowest BCUT2D eigenvalue weighted by molar-refractivity contribution is 0.338. The second-order valence-electron chi connectivity index (χ2n) is 5.18. The fourth-order valence-corrected chi connectivity index (χ4v) is 3.30. The smallest absolute Gasteiger partial charge is 0.166 e. The number of methoxy groups -OCH3 is 2. The van der Waals surface area contributed by atoms with E-state index in [1.165, 1.54) is 0 Å². The molecule has 6 heteroatoms. The summed E-state index contributed by atoms with van der Waals surface area (Å²) in [6.45, 7) is 0. The van der Waals surface area contributed by atoms with E-state index in [4.69, 9.17) is 9.47 Å². The van der Waals surface area contributed by atoms with E-state index in [9.17, 15) is 0 Å². The minimum Gasteiger partial charge on any atom is -0.493 e. The molecule has 1 unspecified atom stereocenters. The summed E-state index contributed by atoms with van der Waals surface area (Å²) in [6, 6.07) is 14.0. The number of ether oxygens (including phenoxy) is 2. The van der Waals surface area contributed by atoms with E-state index in [0.29, 0.717) is 5.75 Å². The van der Waals surface area contributed by atoms with E-state index < -0.39 is 0 Å². The van der Waals surface area contributed by atoms with E-state index in [2.05, 4.69) is 46.0 Å². The van der Waals surface area contributed by atoms with Gasteiger partial charge in [-0.25, -0.2) is 4.41 Å². The molecular weight excluding hydrogens is 376 g/mol. The summed E-state index contributed by atoms with van der Waals surface area (Å²) in [4.78, 5) is 0. The van der Waals surface area contributed by atoms with Crippen molar-refractivity contribution in [3.05, 3.63) is 58.1 Å². The highest BCUT2D eigenvalue weighted by atomic mass is 79.9. The molecule has 0 aliphatic carbocycles. The Morgan fingerprint density at radius 3 is 2.52 bits per heavy atom.